The molecule has 0 radical (unpaired) electrons. The van der Waals surface area contributed by atoms with Crippen LogP contribution >= 0.6 is 0 Å². The standard InChI is InChI=1S/C18H25N3O5/c1-3-25-15-7-5-14(6-8-15)19-16(22)13-17(23)20-9-11-21(12-10-20)18(24)26-4-2/h5-8H,3-4,9-13H2,1-2H3,(H,19,22). The maximum absolute atomic E-state index is 12.3. The Labute approximate surface area is 153 Å². The maximum atomic E-state index is 12.3. The Morgan fingerprint density at radius 3 is 2.15 bits per heavy atom. The van der Waals surface area contributed by atoms with Gasteiger partial charge in [-0.1, -0.05) is 0 Å². The van der Waals surface area contributed by atoms with Crippen molar-refractivity contribution in [3.63, 3.8) is 0 Å². The first kappa shape index (κ1) is 19.6. The van der Waals surface area contributed by atoms with E-state index in [1.54, 1.807) is 41.0 Å². The molecule has 2 rings (SSSR count). The Bertz CT molecular complexity index is 624. The minimum atomic E-state index is -0.369. The van der Waals surface area contributed by atoms with Gasteiger partial charge in [0.15, 0.2) is 0 Å². The van der Waals surface area contributed by atoms with Crippen molar-refractivity contribution >= 4 is 23.6 Å². The maximum Gasteiger partial charge on any atom is 0.409 e. The van der Waals surface area contributed by atoms with Gasteiger partial charge >= 0.3 is 6.09 Å². The molecule has 26 heavy (non-hydrogen) atoms. The second kappa shape index (κ2) is 9.65. The molecule has 0 spiro atoms. The number of ether oxygens (including phenoxy) is 2. The molecule has 1 N–H and O–H groups in total. The molecule has 0 bridgehead atoms. The lowest BCUT2D eigenvalue weighted by atomic mass is 10.2. The molecule has 0 aliphatic carbocycles. The van der Waals surface area contributed by atoms with Gasteiger partial charge in [-0.05, 0) is 38.1 Å². The number of rotatable bonds is 6. The number of piperazine rings is 1. The van der Waals surface area contributed by atoms with Crippen LogP contribution in [0, 0.1) is 0 Å². The molecule has 0 aromatic heterocycles. The first-order valence-corrected chi connectivity index (χ1v) is 8.75. The number of nitrogens with one attached hydrogen (secondary N) is 1. The number of hydrogen-bond donors (Lipinski definition) is 1. The van der Waals surface area contributed by atoms with Gasteiger partial charge in [-0.15, -0.1) is 0 Å². The van der Waals surface area contributed by atoms with E-state index in [2.05, 4.69) is 5.32 Å². The normalized spacial score (nSPS) is 13.9. The van der Waals surface area contributed by atoms with E-state index >= 15 is 0 Å². The molecule has 1 fully saturated rings. The fourth-order valence-electron chi connectivity index (χ4n) is 2.61. The first-order valence-electron chi connectivity index (χ1n) is 8.75. The zero-order valence-electron chi connectivity index (χ0n) is 15.2. The van der Waals surface area contributed by atoms with Crippen LogP contribution in [-0.4, -0.2) is 67.1 Å². The minimum Gasteiger partial charge on any atom is -0.494 e. The Morgan fingerprint density at radius 1 is 0.962 bits per heavy atom. The van der Waals surface area contributed by atoms with Gasteiger partial charge in [0.1, 0.15) is 12.2 Å². The summed E-state index contributed by atoms with van der Waals surface area (Å²) in [6.07, 6.45) is -0.597. The van der Waals surface area contributed by atoms with Gasteiger partial charge in [0.2, 0.25) is 11.8 Å². The van der Waals surface area contributed by atoms with Crippen LogP contribution in [0.25, 0.3) is 0 Å². The molecule has 3 amide bonds. The van der Waals surface area contributed by atoms with Crippen molar-refractivity contribution < 1.29 is 23.9 Å². The number of hydrogen-bond acceptors (Lipinski definition) is 5. The number of benzene rings is 1. The second-order valence-electron chi connectivity index (χ2n) is 5.75. The third-order valence-electron chi connectivity index (χ3n) is 3.92. The molecule has 0 atom stereocenters. The van der Waals surface area contributed by atoms with Crippen LogP contribution < -0.4 is 10.1 Å². The third kappa shape index (κ3) is 5.65. The minimum absolute atomic E-state index is 0.230. The van der Waals surface area contributed by atoms with Gasteiger partial charge in [0, 0.05) is 31.9 Å². The van der Waals surface area contributed by atoms with Crippen molar-refractivity contribution in [3.05, 3.63) is 24.3 Å². The van der Waals surface area contributed by atoms with Crippen LogP contribution in [0.2, 0.25) is 0 Å². The Morgan fingerprint density at radius 2 is 1.58 bits per heavy atom. The van der Waals surface area contributed by atoms with Crippen molar-refractivity contribution in [2.45, 2.75) is 20.3 Å². The molecule has 8 heteroatoms. The quantitative estimate of drug-likeness (QED) is 0.778. The smallest absolute Gasteiger partial charge is 0.409 e. The molecular weight excluding hydrogens is 338 g/mol. The highest BCUT2D eigenvalue weighted by Gasteiger charge is 2.25. The predicted molar refractivity (Wildman–Crippen MR) is 96.0 cm³/mol. The van der Waals surface area contributed by atoms with Crippen LogP contribution in [-0.2, 0) is 14.3 Å². The fourth-order valence-corrected chi connectivity index (χ4v) is 2.61. The van der Waals surface area contributed by atoms with Gasteiger partial charge in [-0.2, -0.15) is 0 Å². The zero-order valence-corrected chi connectivity index (χ0v) is 15.2. The van der Waals surface area contributed by atoms with E-state index in [1.807, 2.05) is 6.92 Å². The van der Waals surface area contributed by atoms with E-state index in [0.29, 0.717) is 45.1 Å². The van der Waals surface area contributed by atoms with E-state index in [1.165, 1.54) is 0 Å². The van der Waals surface area contributed by atoms with Crippen LogP contribution in [0.15, 0.2) is 24.3 Å². The van der Waals surface area contributed by atoms with E-state index in [4.69, 9.17) is 9.47 Å². The molecule has 1 aromatic carbocycles. The van der Waals surface area contributed by atoms with E-state index in [-0.39, 0.29) is 24.3 Å². The summed E-state index contributed by atoms with van der Waals surface area (Å²) < 4.78 is 10.3. The average Bonchev–Trinajstić information content (AvgIpc) is 2.64. The summed E-state index contributed by atoms with van der Waals surface area (Å²) in [4.78, 5) is 39.1. The molecule has 1 aliphatic rings. The van der Waals surface area contributed by atoms with Crippen molar-refractivity contribution in [3.8, 4) is 5.75 Å². The van der Waals surface area contributed by atoms with E-state index in [9.17, 15) is 14.4 Å². The van der Waals surface area contributed by atoms with Gasteiger partial charge < -0.3 is 24.6 Å². The van der Waals surface area contributed by atoms with Crippen LogP contribution in [0.3, 0.4) is 0 Å². The molecular formula is C18H25N3O5. The highest BCUT2D eigenvalue weighted by molar-refractivity contribution is 6.03. The third-order valence-corrected chi connectivity index (χ3v) is 3.92. The number of nitrogens with zero attached hydrogens (tertiary/aromatic N) is 2. The van der Waals surface area contributed by atoms with Gasteiger partial charge in [0.05, 0.1) is 13.2 Å². The largest absolute Gasteiger partial charge is 0.494 e. The zero-order chi connectivity index (χ0) is 18.9. The molecule has 1 aromatic rings. The number of carbonyl (C=O) groups excluding carboxylic acids is 3. The van der Waals surface area contributed by atoms with Crippen LogP contribution in [0.4, 0.5) is 10.5 Å². The Kier molecular flexibility index (Phi) is 7.25. The summed E-state index contributed by atoms with van der Waals surface area (Å²) in [6.45, 7) is 6.15. The van der Waals surface area contributed by atoms with E-state index < -0.39 is 0 Å². The highest BCUT2D eigenvalue weighted by Crippen LogP contribution is 2.16. The van der Waals surface area contributed by atoms with Crippen molar-refractivity contribution in [2.75, 3.05) is 44.7 Å². The lowest BCUT2D eigenvalue weighted by Crippen LogP contribution is -2.51. The second-order valence-corrected chi connectivity index (χ2v) is 5.75. The molecule has 1 heterocycles. The highest BCUT2D eigenvalue weighted by atomic mass is 16.6. The average molecular weight is 363 g/mol. The van der Waals surface area contributed by atoms with Gasteiger partial charge in [0.25, 0.3) is 0 Å². The van der Waals surface area contributed by atoms with Crippen molar-refractivity contribution in [1.29, 1.82) is 0 Å². The summed E-state index contributed by atoms with van der Waals surface area (Å²) in [7, 11) is 0. The molecule has 0 unspecified atom stereocenters. The van der Waals surface area contributed by atoms with Gasteiger partial charge in [-0.3, -0.25) is 9.59 Å². The Hall–Kier alpha value is -2.77. The van der Waals surface area contributed by atoms with Crippen LogP contribution in [0.1, 0.15) is 20.3 Å². The number of anilines is 1. The summed E-state index contributed by atoms with van der Waals surface area (Å²) >= 11 is 0. The SMILES string of the molecule is CCOC(=O)N1CCN(C(=O)CC(=O)Nc2ccc(OCC)cc2)CC1. The molecule has 1 saturated heterocycles. The van der Waals surface area contributed by atoms with E-state index in [0.717, 1.165) is 5.75 Å². The van der Waals surface area contributed by atoms with Gasteiger partial charge in [-0.25, -0.2) is 4.79 Å². The van der Waals surface area contributed by atoms with Crippen molar-refractivity contribution in [2.24, 2.45) is 0 Å². The monoisotopic (exact) mass is 363 g/mol. The summed E-state index contributed by atoms with van der Waals surface area (Å²) in [6, 6.07) is 6.97. The lowest BCUT2D eigenvalue weighted by molar-refractivity contribution is -0.135. The first-order chi connectivity index (χ1) is 12.5. The predicted octanol–water partition coefficient (Wildman–Crippen LogP) is 1.71. The number of amides is 3. The fraction of sp³-hybridized carbons (Fsp3) is 0.500. The summed E-state index contributed by atoms with van der Waals surface area (Å²) in [5.41, 5.74) is 0.610. The Balaban J connectivity index is 1.77. The number of carbonyl (C=O) groups is 3. The molecule has 1 aliphatic heterocycles. The topological polar surface area (TPSA) is 88.2 Å². The molecule has 8 nitrogen and oxygen atoms in total. The summed E-state index contributed by atoms with van der Waals surface area (Å²) in [5.74, 6) is 0.102. The summed E-state index contributed by atoms with van der Waals surface area (Å²) in [5, 5.41) is 2.70. The van der Waals surface area contributed by atoms with Crippen molar-refractivity contribution in [1.82, 2.24) is 9.80 Å². The molecule has 0 saturated carbocycles. The molecule has 142 valence electrons. The lowest BCUT2D eigenvalue weighted by Gasteiger charge is -2.34. The van der Waals surface area contributed by atoms with Crippen LogP contribution in [0.5, 0.6) is 5.75 Å².